The van der Waals surface area contributed by atoms with E-state index in [-0.39, 0.29) is 18.3 Å². The Balaban J connectivity index is 2.02. The average molecular weight is 302 g/mol. The molecule has 2 aromatic carbocycles. The molecular weight excluding hydrogens is 283 g/mol. The molecule has 0 saturated heterocycles. The van der Waals surface area contributed by atoms with Crippen LogP contribution in [0.25, 0.3) is 0 Å². The van der Waals surface area contributed by atoms with Gasteiger partial charge in [-0.3, -0.25) is 4.79 Å². The van der Waals surface area contributed by atoms with E-state index in [0.717, 1.165) is 16.8 Å². The van der Waals surface area contributed by atoms with Gasteiger partial charge in [-0.15, -0.1) is 0 Å². The Morgan fingerprint density at radius 2 is 1.86 bits per heavy atom. The second-order valence-electron chi connectivity index (χ2n) is 5.01. The highest BCUT2D eigenvalue weighted by atomic mass is 19.1. The number of halogens is 1. The minimum Gasteiger partial charge on any atom is -0.494 e. The lowest BCUT2D eigenvalue weighted by Gasteiger charge is -2.13. The highest BCUT2D eigenvalue weighted by Gasteiger charge is 2.09. The molecule has 0 saturated carbocycles. The van der Waals surface area contributed by atoms with Gasteiger partial charge in [0.05, 0.1) is 19.3 Å². The number of benzene rings is 2. The van der Waals surface area contributed by atoms with Crippen molar-refractivity contribution in [2.24, 2.45) is 0 Å². The second kappa shape index (κ2) is 6.93. The maximum Gasteiger partial charge on any atom is 0.243 e. The number of methoxy groups -OCH3 is 1. The zero-order valence-corrected chi connectivity index (χ0v) is 12.9. The Labute approximate surface area is 129 Å². The number of carbonyl (C=O) groups excluding carboxylic acids is 1. The van der Waals surface area contributed by atoms with Crippen molar-refractivity contribution in [1.29, 1.82) is 0 Å². The Hall–Kier alpha value is -2.56. The fraction of sp³-hybridized carbons (Fsp3) is 0.235. The van der Waals surface area contributed by atoms with Crippen LogP contribution in [-0.2, 0) is 4.79 Å². The number of carbonyl (C=O) groups is 1. The number of nitrogens with one attached hydrogen (secondary N) is 2. The van der Waals surface area contributed by atoms with Crippen molar-refractivity contribution in [3.63, 3.8) is 0 Å². The van der Waals surface area contributed by atoms with Gasteiger partial charge in [0.2, 0.25) is 5.91 Å². The van der Waals surface area contributed by atoms with E-state index in [4.69, 9.17) is 4.74 Å². The van der Waals surface area contributed by atoms with Gasteiger partial charge >= 0.3 is 0 Å². The van der Waals surface area contributed by atoms with Crippen LogP contribution < -0.4 is 15.4 Å². The van der Waals surface area contributed by atoms with Crippen LogP contribution in [0.4, 0.5) is 15.8 Å². The number of rotatable bonds is 5. The molecule has 0 unspecified atom stereocenters. The predicted octanol–water partition coefficient (Wildman–Crippen LogP) is 3.50. The summed E-state index contributed by atoms with van der Waals surface area (Å²) in [6.45, 7) is 3.95. The van der Waals surface area contributed by atoms with E-state index >= 15 is 0 Å². The first kappa shape index (κ1) is 15.8. The second-order valence-corrected chi connectivity index (χ2v) is 5.01. The summed E-state index contributed by atoms with van der Waals surface area (Å²) in [7, 11) is 1.46. The van der Waals surface area contributed by atoms with Crippen LogP contribution in [0.15, 0.2) is 36.4 Å². The summed E-state index contributed by atoms with van der Waals surface area (Å²) < 4.78 is 18.2. The molecule has 0 aliphatic rings. The van der Waals surface area contributed by atoms with E-state index in [0.29, 0.717) is 11.4 Å². The van der Waals surface area contributed by atoms with Crippen molar-refractivity contribution in [2.45, 2.75) is 13.8 Å². The normalized spacial score (nSPS) is 10.2. The van der Waals surface area contributed by atoms with Gasteiger partial charge in [-0.25, -0.2) is 4.39 Å². The average Bonchev–Trinajstić information content (AvgIpc) is 2.49. The quantitative estimate of drug-likeness (QED) is 0.888. The van der Waals surface area contributed by atoms with E-state index in [1.54, 1.807) is 6.07 Å². The summed E-state index contributed by atoms with van der Waals surface area (Å²) in [6, 6.07) is 9.96. The monoisotopic (exact) mass is 302 g/mol. The molecule has 22 heavy (non-hydrogen) atoms. The molecule has 0 atom stereocenters. The molecule has 5 heteroatoms. The highest BCUT2D eigenvalue weighted by Crippen LogP contribution is 2.25. The highest BCUT2D eigenvalue weighted by molar-refractivity contribution is 5.95. The predicted molar refractivity (Wildman–Crippen MR) is 86.0 cm³/mol. The molecule has 2 rings (SSSR count). The zero-order chi connectivity index (χ0) is 16.1. The zero-order valence-electron chi connectivity index (χ0n) is 12.9. The van der Waals surface area contributed by atoms with Gasteiger partial charge < -0.3 is 15.4 Å². The van der Waals surface area contributed by atoms with Crippen LogP contribution in [0.2, 0.25) is 0 Å². The Kier molecular flexibility index (Phi) is 4.99. The van der Waals surface area contributed by atoms with Crippen LogP contribution in [0.5, 0.6) is 5.75 Å². The first-order valence-electron chi connectivity index (χ1n) is 6.94. The fourth-order valence-corrected chi connectivity index (χ4v) is 2.18. The standard InChI is InChI=1S/C17H19FN2O2/c1-11-5-4-6-12(2)17(11)20-16(21)10-19-14-8-7-13(18)9-15(14)22-3/h4-9,19H,10H2,1-3H3,(H,20,21). The van der Waals surface area contributed by atoms with Crippen molar-refractivity contribution < 1.29 is 13.9 Å². The van der Waals surface area contributed by atoms with E-state index in [2.05, 4.69) is 10.6 Å². The fourth-order valence-electron chi connectivity index (χ4n) is 2.18. The molecule has 4 nitrogen and oxygen atoms in total. The number of ether oxygens (including phenoxy) is 1. The van der Waals surface area contributed by atoms with Crippen LogP contribution >= 0.6 is 0 Å². The number of amides is 1. The maximum atomic E-state index is 13.1. The molecule has 0 radical (unpaired) electrons. The molecule has 2 N–H and O–H groups in total. The van der Waals surface area contributed by atoms with Gasteiger partial charge in [0.25, 0.3) is 0 Å². The van der Waals surface area contributed by atoms with Crippen molar-refractivity contribution in [2.75, 3.05) is 24.3 Å². The van der Waals surface area contributed by atoms with Crippen molar-refractivity contribution >= 4 is 17.3 Å². The number of aryl methyl sites for hydroxylation is 2. The molecule has 1 amide bonds. The van der Waals surface area contributed by atoms with E-state index in [1.807, 2.05) is 32.0 Å². The molecule has 2 aromatic rings. The van der Waals surface area contributed by atoms with E-state index < -0.39 is 0 Å². The minimum absolute atomic E-state index is 0.0652. The summed E-state index contributed by atoms with van der Waals surface area (Å²) in [5, 5.41) is 5.83. The Morgan fingerprint density at radius 1 is 1.18 bits per heavy atom. The molecule has 0 fully saturated rings. The maximum absolute atomic E-state index is 13.1. The van der Waals surface area contributed by atoms with Crippen molar-refractivity contribution in [3.8, 4) is 5.75 Å². The lowest BCUT2D eigenvalue weighted by Crippen LogP contribution is -2.22. The van der Waals surface area contributed by atoms with Gasteiger partial charge in [0, 0.05) is 11.8 Å². The number of anilines is 2. The summed E-state index contributed by atoms with van der Waals surface area (Å²) in [5.74, 6) is -0.203. The topological polar surface area (TPSA) is 50.4 Å². The van der Waals surface area contributed by atoms with Crippen molar-refractivity contribution in [1.82, 2.24) is 0 Å². The van der Waals surface area contributed by atoms with Gasteiger partial charge in [0.1, 0.15) is 11.6 Å². The lowest BCUT2D eigenvalue weighted by molar-refractivity contribution is -0.114. The van der Waals surface area contributed by atoms with E-state index in [9.17, 15) is 9.18 Å². The van der Waals surface area contributed by atoms with Crippen LogP contribution in [0, 0.1) is 19.7 Å². The van der Waals surface area contributed by atoms with Crippen molar-refractivity contribution in [3.05, 3.63) is 53.3 Å². The summed E-state index contributed by atoms with van der Waals surface area (Å²) >= 11 is 0. The Morgan fingerprint density at radius 3 is 2.50 bits per heavy atom. The molecule has 0 aliphatic heterocycles. The third kappa shape index (κ3) is 3.75. The first-order chi connectivity index (χ1) is 10.5. The number of para-hydroxylation sites is 1. The molecule has 0 bridgehead atoms. The molecular formula is C17H19FN2O2. The van der Waals surface area contributed by atoms with Gasteiger partial charge in [-0.1, -0.05) is 18.2 Å². The summed E-state index contributed by atoms with van der Waals surface area (Å²) in [4.78, 5) is 12.1. The lowest BCUT2D eigenvalue weighted by atomic mass is 10.1. The smallest absolute Gasteiger partial charge is 0.243 e. The third-order valence-corrected chi connectivity index (χ3v) is 3.35. The van der Waals surface area contributed by atoms with E-state index in [1.165, 1.54) is 19.2 Å². The molecule has 0 heterocycles. The van der Waals surface area contributed by atoms with Gasteiger partial charge in [-0.2, -0.15) is 0 Å². The third-order valence-electron chi connectivity index (χ3n) is 3.35. The summed E-state index contributed by atoms with van der Waals surface area (Å²) in [5.41, 5.74) is 3.40. The van der Waals surface area contributed by atoms with Gasteiger partial charge in [-0.05, 0) is 37.1 Å². The molecule has 0 spiro atoms. The SMILES string of the molecule is COc1cc(F)ccc1NCC(=O)Nc1c(C)cccc1C. The largest absolute Gasteiger partial charge is 0.494 e. The Bertz CT molecular complexity index is 666. The molecule has 0 aliphatic carbocycles. The molecule has 116 valence electrons. The number of hydrogen-bond donors (Lipinski definition) is 2. The van der Waals surface area contributed by atoms with Crippen LogP contribution in [0.3, 0.4) is 0 Å². The van der Waals surface area contributed by atoms with Crippen LogP contribution in [0.1, 0.15) is 11.1 Å². The van der Waals surface area contributed by atoms with Gasteiger partial charge in [0.15, 0.2) is 0 Å². The molecule has 0 aromatic heterocycles. The summed E-state index contributed by atoms with van der Waals surface area (Å²) in [6.07, 6.45) is 0. The first-order valence-corrected chi connectivity index (χ1v) is 6.94. The number of hydrogen-bond acceptors (Lipinski definition) is 3. The van der Waals surface area contributed by atoms with Crippen LogP contribution in [-0.4, -0.2) is 19.6 Å². The minimum atomic E-state index is -0.387.